The number of aliphatic carboxylic acids is 1. The summed E-state index contributed by atoms with van der Waals surface area (Å²) >= 11 is 2.03. The van der Waals surface area contributed by atoms with E-state index in [0.29, 0.717) is 34.3 Å². The Labute approximate surface area is 368 Å². The smallest absolute Gasteiger partial charge is 0.303 e. The number of halogens is 1. The van der Waals surface area contributed by atoms with Crippen molar-refractivity contribution in [2.75, 3.05) is 15.1 Å². The zero-order chi connectivity index (χ0) is 43.4. The lowest BCUT2D eigenvalue weighted by molar-refractivity contribution is -0.136. The number of allylic oxidation sites excluding steroid dienone is 4. The first-order chi connectivity index (χ1) is 29.3. The van der Waals surface area contributed by atoms with Crippen molar-refractivity contribution >= 4 is 120 Å². The molecule has 8 bridgehead atoms. The quantitative estimate of drug-likeness (QED) is 0.0450. The van der Waals surface area contributed by atoms with Crippen LogP contribution in [0.3, 0.4) is 0 Å². The molecule has 0 fully saturated rings. The van der Waals surface area contributed by atoms with E-state index in [2.05, 4.69) is 53.7 Å². The Bertz CT molecular complexity index is 2880. The number of carboxylic acids is 1. The molecular formula is C50H47IN6O4. The molecule has 0 aliphatic carbocycles. The van der Waals surface area contributed by atoms with E-state index in [1.54, 1.807) is 0 Å². The van der Waals surface area contributed by atoms with E-state index in [1.807, 2.05) is 127 Å². The summed E-state index contributed by atoms with van der Waals surface area (Å²) in [6.45, 7) is 16.3. The number of carbonyl (C=O) groups excluding carboxylic acids is 2. The molecule has 10 nitrogen and oxygen atoms in total. The average molecular weight is 923 g/mol. The van der Waals surface area contributed by atoms with Crippen LogP contribution in [0.5, 0.6) is 0 Å². The molecule has 61 heavy (non-hydrogen) atoms. The van der Waals surface area contributed by atoms with Gasteiger partial charge in [-0.05, 0) is 134 Å². The number of H-pyrrole nitrogens is 2. The van der Waals surface area contributed by atoms with Crippen LogP contribution in [0.1, 0.15) is 95.7 Å². The number of nitrogens with zero attached hydrogens (tertiary/aromatic N) is 2. The maximum Gasteiger partial charge on any atom is 0.303 e. The predicted octanol–water partition coefficient (Wildman–Crippen LogP) is 11.9. The molecular weight excluding hydrogens is 875 g/mol. The summed E-state index contributed by atoms with van der Waals surface area (Å²) in [5.74, 6) is -1.06. The first kappa shape index (κ1) is 42.5. The second kappa shape index (κ2) is 18.3. The Balaban J connectivity index is 1.20. The number of hydrogen-bond donors (Lipinski definition) is 5. The van der Waals surface area contributed by atoms with Gasteiger partial charge in [0, 0.05) is 57.4 Å². The molecule has 3 aromatic heterocycles. The van der Waals surface area contributed by atoms with Crippen LogP contribution in [0.2, 0.25) is 0 Å². The number of carboxylic acid groups (broad SMARTS) is 1. The lowest BCUT2D eigenvalue weighted by atomic mass is 9.98. The fourth-order valence-electron chi connectivity index (χ4n) is 7.74. The number of aryl methyl sites for hydroxylation is 2. The van der Waals surface area contributed by atoms with Gasteiger partial charge in [0.25, 0.3) is 0 Å². The number of amides is 2. The van der Waals surface area contributed by atoms with E-state index in [-0.39, 0.29) is 24.7 Å². The number of hydrogen-bond acceptors (Lipinski definition) is 5. The fourth-order valence-corrected chi connectivity index (χ4v) is 7.93. The summed E-state index contributed by atoms with van der Waals surface area (Å²) in [4.78, 5) is 54.4. The number of carbonyl (C=O) groups is 3. The molecule has 5 N–H and O–H groups in total. The van der Waals surface area contributed by atoms with Gasteiger partial charge in [-0.1, -0.05) is 84.3 Å². The molecule has 0 saturated heterocycles. The molecule has 11 heteroatoms. The molecule has 2 aliphatic heterocycles. The lowest BCUT2D eigenvalue weighted by Crippen LogP contribution is -2.11. The van der Waals surface area contributed by atoms with Crippen molar-refractivity contribution in [3.05, 3.63) is 142 Å². The van der Waals surface area contributed by atoms with Gasteiger partial charge in [-0.3, -0.25) is 14.4 Å². The monoisotopic (exact) mass is 922 g/mol. The zero-order valence-electron chi connectivity index (χ0n) is 34.6. The molecule has 2 aliphatic rings. The summed E-state index contributed by atoms with van der Waals surface area (Å²) < 4.78 is 0.396. The number of rotatable bonds is 13. The molecule has 2 amide bonds. The van der Waals surface area contributed by atoms with Gasteiger partial charge >= 0.3 is 5.97 Å². The van der Waals surface area contributed by atoms with Crippen molar-refractivity contribution in [1.82, 2.24) is 19.9 Å². The van der Waals surface area contributed by atoms with Crippen LogP contribution in [-0.2, 0) is 14.4 Å². The van der Waals surface area contributed by atoms with Gasteiger partial charge in [-0.25, -0.2) is 9.97 Å². The van der Waals surface area contributed by atoms with Crippen LogP contribution in [0, 0.1) is 13.8 Å². The minimum absolute atomic E-state index is 0.0387. The SMILES string of the molecule is C=Cc1c(C)c2cc3[nH]c(cc4nc(cc5nc(cc1[nH]2)C(C)=C5CCC(=O)O)C(CCC(=O)Nc1ccc(/C=C/c2ccc(NC(=O)CI)cc2)cc1)=C4C)c(C)c3C=C. The van der Waals surface area contributed by atoms with Gasteiger partial charge in [-0.2, -0.15) is 0 Å². The van der Waals surface area contributed by atoms with Crippen molar-refractivity contribution in [3.8, 4) is 0 Å². The fraction of sp³-hybridized carbons (Fsp3) is 0.180. The molecule has 0 saturated carbocycles. The van der Waals surface area contributed by atoms with E-state index in [9.17, 15) is 19.5 Å². The van der Waals surface area contributed by atoms with Crippen molar-refractivity contribution in [2.24, 2.45) is 0 Å². The molecule has 2 aromatic carbocycles. The van der Waals surface area contributed by atoms with Crippen molar-refractivity contribution in [2.45, 2.75) is 53.4 Å². The van der Waals surface area contributed by atoms with Crippen LogP contribution >= 0.6 is 22.6 Å². The first-order valence-electron chi connectivity index (χ1n) is 20.0. The molecule has 0 atom stereocenters. The van der Waals surface area contributed by atoms with Crippen molar-refractivity contribution in [3.63, 3.8) is 0 Å². The van der Waals surface area contributed by atoms with E-state index in [1.165, 1.54) is 0 Å². The molecule has 5 aromatic rings. The molecule has 0 unspecified atom stereocenters. The van der Waals surface area contributed by atoms with E-state index in [0.717, 1.165) is 94.8 Å². The highest BCUT2D eigenvalue weighted by atomic mass is 127. The highest BCUT2D eigenvalue weighted by Gasteiger charge is 2.23. The molecule has 7 rings (SSSR count). The summed E-state index contributed by atoms with van der Waals surface area (Å²) in [5.41, 5.74) is 17.4. The van der Waals surface area contributed by atoms with Crippen molar-refractivity contribution < 1.29 is 19.5 Å². The Hall–Kier alpha value is -6.60. The lowest BCUT2D eigenvalue weighted by Gasteiger charge is -2.08. The highest BCUT2D eigenvalue weighted by Crippen LogP contribution is 2.38. The minimum atomic E-state index is -0.887. The molecule has 5 heterocycles. The predicted molar refractivity (Wildman–Crippen MR) is 260 cm³/mol. The van der Waals surface area contributed by atoms with E-state index >= 15 is 0 Å². The number of anilines is 2. The van der Waals surface area contributed by atoms with Crippen LogP contribution in [-0.4, -0.2) is 47.3 Å². The maximum absolute atomic E-state index is 13.5. The number of fused-ring (bicyclic) bond motifs is 8. The number of benzene rings is 2. The highest BCUT2D eigenvalue weighted by molar-refractivity contribution is 14.1. The number of aromatic amines is 2. The Kier molecular flexibility index (Phi) is 12.8. The number of alkyl halides is 1. The summed E-state index contributed by atoms with van der Waals surface area (Å²) in [6, 6.07) is 23.3. The van der Waals surface area contributed by atoms with Crippen molar-refractivity contribution in [1.29, 1.82) is 0 Å². The largest absolute Gasteiger partial charge is 0.481 e. The van der Waals surface area contributed by atoms with Gasteiger partial charge in [0.2, 0.25) is 11.8 Å². The summed E-state index contributed by atoms with van der Waals surface area (Å²) in [5, 5.41) is 15.6. The Morgan fingerprint density at radius 3 is 1.54 bits per heavy atom. The third-order valence-corrected chi connectivity index (χ3v) is 11.9. The molecule has 308 valence electrons. The second-order valence-corrected chi connectivity index (χ2v) is 15.9. The first-order valence-corrected chi connectivity index (χ1v) is 21.5. The average Bonchev–Trinajstić information content (AvgIpc) is 3.91. The molecule has 0 spiro atoms. The normalized spacial score (nSPS) is 12.5. The van der Waals surface area contributed by atoms with Gasteiger partial charge in [0.1, 0.15) is 0 Å². The standard InChI is InChI=1S/C50H47IN6O4/c1-7-36-28(3)40-23-41-30(5)38(19-21-48(58)52-34-15-11-32(12-16-34)9-10-33-13-17-35(18-14-33)53-49(59)27-51)46(56-41)26-47-39(20-22-50(60)61)31(6)43(57-47)25-45-37(8-2)29(4)42(55-45)24-44(36)54-40/h7-18,23-26,54-55H,1-2,19-22,27H2,3-6H3,(H,52,58)(H,53,59)(H,60,61)/b10-9+,40-23?,41-23?,42-24?,43-25?,44-24?,45-25?,46-26?,47-26?. The van der Waals surface area contributed by atoms with Crippen LogP contribution in [0.4, 0.5) is 11.4 Å². The third kappa shape index (κ3) is 9.42. The number of aromatic nitrogens is 4. The van der Waals surface area contributed by atoms with Crippen LogP contribution in [0.15, 0.2) is 86.0 Å². The van der Waals surface area contributed by atoms with E-state index < -0.39 is 5.97 Å². The van der Waals surface area contributed by atoms with Gasteiger partial charge in [-0.15, -0.1) is 0 Å². The molecule has 0 radical (unpaired) electrons. The van der Waals surface area contributed by atoms with Crippen LogP contribution < -0.4 is 10.6 Å². The second-order valence-electron chi connectivity index (χ2n) is 15.1. The van der Waals surface area contributed by atoms with Gasteiger partial charge in [0.05, 0.1) is 27.2 Å². The third-order valence-electron chi connectivity index (χ3n) is 11.2. The summed E-state index contributed by atoms with van der Waals surface area (Å²) in [7, 11) is 0. The maximum atomic E-state index is 13.5. The van der Waals surface area contributed by atoms with Gasteiger partial charge < -0.3 is 25.7 Å². The Morgan fingerprint density at radius 2 is 1.07 bits per heavy atom. The Morgan fingerprint density at radius 1 is 0.623 bits per heavy atom. The van der Waals surface area contributed by atoms with Gasteiger partial charge in [0.15, 0.2) is 0 Å². The zero-order valence-corrected chi connectivity index (χ0v) is 36.8. The topological polar surface area (TPSA) is 153 Å². The minimum Gasteiger partial charge on any atom is -0.481 e. The van der Waals surface area contributed by atoms with Crippen LogP contribution in [0.25, 0.3) is 68.7 Å². The summed E-state index contributed by atoms with van der Waals surface area (Å²) in [6.07, 6.45) is 8.57. The van der Waals surface area contributed by atoms with E-state index in [4.69, 9.17) is 9.97 Å². The number of nitrogens with one attached hydrogen (secondary N) is 4.